The molecule has 2 saturated carbocycles. The van der Waals surface area contributed by atoms with Gasteiger partial charge in [0.05, 0.1) is 6.61 Å². The zero-order chi connectivity index (χ0) is 16.9. The number of aromatic hydroxyl groups is 1. The highest BCUT2D eigenvalue weighted by molar-refractivity contribution is 5.40. The van der Waals surface area contributed by atoms with Crippen molar-refractivity contribution < 1.29 is 9.84 Å². The van der Waals surface area contributed by atoms with E-state index in [9.17, 15) is 5.11 Å². The maximum absolute atomic E-state index is 9.80. The van der Waals surface area contributed by atoms with Gasteiger partial charge in [0.2, 0.25) is 0 Å². The van der Waals surface area contributed by atoms with Gasteiger partial charge in [-0.15, -0.1) is 0 Å². The topological polar surface area (TPSA) is 67.5 Å². The van der Waals surface area contributed by atoms with E-state index in [1.165, 1.54) is 36.8 Å². The zero-order valence-electron chi connectivity index (χ0n) is 14.8. The Morgan fingerprint density at radius 2 is 2.21 bits per heavy atom. The lowest BCUT2D eigenvalue weighted by atomic mass is 9.55. The molecule has 1 unspecified atom stereocenters. The molecule has 0 radical (unpaired) electrons. The lowest BCUT2D eigenvalue weighted by molar-refractivity contribution is 0.0381. The molecule has 0 saturated heterocycles. The van der Waals surface area contributed by atoms with Crippen molar-refractivity contribution in [2.24, 2.45) is 29.0 Å². The number of hydrogen-bond donors (Lipinski definition) is 3. The first kappa shape index (κ1) is 16.4. The van der Waals surface area contributed by atoms with Crippen LogP contribution >= 0.6 is 0 Å². The quantitative estimate of drug-likeness (QED) is 0.589. The molecule has 1 aromatic rings. The summed E-state index contributed by atoms with van der Waals surface area (Å²) >= 11 is 0. The molecule has 0 heterocycles. The van der Waals surface area contributed by atoms with Crippen LogP contribution in [0.15, 0.2) is 18.2 Å². The summed E-state index contributed by atoms with van der Waals surface area (Å²) in [6, 6.07) is 6.36. The number of aryl methyl sites for hydroxylation is 1. The minimum absolute atomic E-state index is 0.271. The normalized spacial score (nSPS) is 40.7. The highest BCUT2D eigenvalue weighted by Gasteiger charge is 2.57. The minimum atomic E-state index is 0.271. The van der Waals surface area contributed by atoms with E-state index in [4.69, 9.17) is 10.6 Å². The Morgan fingerprint density at radius 3 is 2.96 bits per heavy atom. The van der Waals surface area contributed by atoms with Gasteiger partial charge < -0.3 is 9.84 Å². The average Bonchev–Trinajstić information content (AvgIpc) is 2.86. The molecule has 0 amide bonds. The van der Waals surface area contributed by atoms with Crippen LogP contribution in [-0.2, 0) is 11.2 Å². The number of hydrazine groups is 1. The van der Waals surface area contributed by atoms with Crippen LogP contribution in [0.1, 0.15) is 49.7 Å². The second-order valence-corrected chi connectivity index (χ2v) is 8.44. The summed E-state index contributed by atoms with van der Waals surface area (Å²) in [7, 11) is 1.80. The summed E-state index contributed by atoms with van der Waals surface area (Å²) in [6.07, 6.45) is 5.99. The van der Waals surface area contributed by atoms with Crippen LogP contribution in [0.2, 0.25) is 0 Å². The zero-order valence-corrected chi connectivity index (χ0v) is 14.8. The van der Waals surface area contributed by atoms with Crippen molar-refractivity contribution in [2.45, 2.75) is 51.0 Å². The van der Waals surface area contributed by atoms with Gasteiger partial charge >= 0.3 is 0 Å². The first-order chi connectivity index (χ1) is 11.6. The van der Waals surface area contributed by atoms with Crippen LogP contribution in [0.4, 0.5) is 0 Å². The van der Waals surface area contributed by atoms with E-state index in [1.54, 1.807) is 7.11 Å². The molecule has 2 fully saturated rings. The van der Waals surface area contributed by atoms with Gasteiger partial charge in [-0.2, -0.15) is 0 Å². The van der Waals surface area contributed by atoms with Gasteiger partial charge in [0.25, 0.3) is 0 Å². The molecule has 0 bridgehead atoms. The number of benzene rings is 1. The molecular formula is C20H30N2O2. The van der Waals surface area contributed by atoms with Crippen LogP contribution in [0, 0.1) is 23.2 Å². The Balaban J connectivity index is 1.66. The Kier molecular flexibility index (Phi) is 4.10. The predicted molar refractivity (Wildman–Crippen MR) is 94.6 cm³/mol. The van der Waals surface area contributed by atoms with Gasteiger partial charge in [0, 0.05) is 13.2 Å². The Labute approximate surface area is 144 Å². The van der Waals surface area contributed by atoms with Gasteiger partial charge in [-0.1, -0.05) is 13.0 Å². The van der Waals surface area contributed by atoms with E-state index < -0.39 is 0 Å². The molecule has 4 N–H and O–H groups in total. The van der Waals surface area contributed by atoms with Gasteiger partial charge in [0.15, 0.2) is 0 Å². The maximum Gasteiger partial charge on any atom is 0.115 e. The van der Waals surface area contributed by atoms with Crippen molar-refractivity contribution in [1.82, 2.24) is 5.43 Å². The summed E-state index contributed by atoms with van der Waals surface area (Å²) in [5, 5.41) is 9.80. The van der Waals surface area contributed by atoms with Crippen molar-refractivity contribution >= 4 is 0 Å². The van der Waals surface area contributed by atoms with E-state index in [2.05, 4.69) is 18.4 Å². The lowest BCUT2D eigenvalue weighted by Crippen LogP contribution is -2.52. The van der Waals surface area contributed by atoms with Crippen molar-refractivity contribution in [1.29, 1.82) is 0 Å². The van der Waals surface area contributed by atoms with E-state index in [0.29, 0.717) is 29.5 Å². The Bertz CT molecular complexity index is 620. The van der Waals surface area contributed by atoms with Crippen molar-refractivity contribution in [2.75, 3.05) is 13.7 Å². The highest BCUT2D eigenvalue weighted by atomic mass is 16.5. The molecule has 24 heavy (non-hydrogen) atoms. The van der Waals surface area contributed by atoms with Gasteiger partial charge in [-0.05, 0) is 84.5 Å². The molecule has 132 valence electrons. The van der Waals surface area contributed by atoms with Crippen LogP contribution < -0.4 is 11.3 Å². The molecule has 4 nitrogen and oxygen atoms in total. The standard InChI is InChI=1S/C20H30N2O2/c1-20-8-7-16-15-6-4-14(23)9-12(15)3-5-17(16)18(20)10-13(11-24-2)19(20)22-21/h4,6,9,13,16-19,22-23H,3,5,7-8,10-11,21H2,1-2H3/t13-,16+,17+,18-,19?,20-/m0/s1. The summed E-state index contributed by atoms with van der Waals surface area (Å²) < 4.78 is 5.49. The number of nitrogens with one attached hydrogen (secondary N) is 1. The third kappa shape index (κ3) is 2.31. The number of phenols is 1. The Morgan fingerprint density at radius 1 is 1.38 bits per heavy atom. The third-order valence-corrected chi connectivity index (χ3v) is 7.45. The number of methoxy groups -OCH3 is 1. The summed E-state index contributed by atoms with van der Waals surface area (Å²) in [5.74, 6) is 8.98. The first-order valence-electron chi connectivity index (χ1n) is 9.35. The monoisotopic (exact) mass is 330 g/mol. The fourth-order valence-corrected chi connectivity index (χ4v) is 6.45. The second kappa shape index (κ2) is 6.01. The molecule has 4 rings (SSSR count). The van der Waals surface area contributed by atoms with Crippen molar-refractivity contribution in [3.8, 4) is 5.75 Å². The van der Waals surface area contributed by atoms with E-state index in [1.807, 2.05) is 12.1 Å². The summed E-state index contributed by atoms with van der Waals surface area (Å²) in [4.78, 5) is 0. The number of ether oxygens (including phenoxy) is 1. The number of nitrogens with two attached hydrogens (primary N) is 1. The molecule has 1 aromatic carbocycles. The first-order valence-corrected chi connectivity index (χ1v) is 9.35. The molecule has 0 aromatic heterocycles. The number of phenolic OH excluding ortho intramolecular Hbond substituents is 1. The molecule has 6 atom stereocenters. The van der Waals surface area contributed by atoms with Crippen molar-refractivity contribution in [3.05, 3.63) is 29.3 Å². The molecule has 0 aliphatic heterocycles. The van der Waals surface area contributed by atoms with Gasteiger partial charge in [-0.25, -0.2) is 0 Å². The highest BCUT2D eigenvalue weighted by Crippen LogP contribution is 2.62. The van der Waals surface area contributed by atoms with Crippen LogP contribution in [-0.4, -0.2) is 24.9 Å². The van der Waals surface area contributed by atoms with E-state index in [-0.39, 0.29) is 5.41 Å². The fraction of sp³-hybridized carbons (Fsp3) is 0.700. The number of hydrogen-bond acceptors (Lipinski definition) is 4. The molecular weight excluding hydrogens is 300 g/mol. The van der Waals surface area contributed by atoms with Crippen molar-refractivity contribution in [3.63, 3.8) is 0 Å². The average molecular weight is 330 g/mol. The molecule has 4 heteroatoms. The number of fused-ring (bicyclic) bond motifs is 5. The maximum atomic E-state index is 9.80. The second-order valence-electron chi connectivity index (χ2n) is 8.44. The summed E-state index contributed by atoms with van der Waals surface area (Å²) in [6.45, 7) is 3.24. The van der Waals surface area contributed by atoms with Gasteiger partial charge in [0.1, 0.15) is 5.75 Å². The molecule has 0 spiro atoms. The van der Waals surface area contributed by atoms with Crippen LogP contribution in [0.3, 0.4) is 0 Å². The van der Waals surface area contributed by atoms with E-state index >= 15 is 0 Å². The Hall–Kier alpha value is -1.10. The third-order valence-electron chi connectivity index (χ3n) is 7.45. The van der Waals surface area contributed by atoms with Crippen LogP contribution in [0.5, 0.6) is 5.75 Å². The predicted octanol–water partition coefficient (Wildman–Crippen LogP) is 2.95. The lowest BCUT2D eigenvalue weighted by Gasteiger charge is -2.50. The molecule has 3 aliphatic carbocycles. The van der Waals surface area contributed by atoms with Crippen LogP contribution in [0.25, 0.3) is 0 Å². The molecule has 3 aliphatic rings. The van der Waals surface area contributed by atoms with E-state index in [0.717, 1.165) is 18.9 Å². The number of rotatable bonds is 3. The smallest absolute Gasteiger partial charge is 0.115 e. The SMILES string of the molecule is COC[C@@H]1C[C@H]2[C@@H]3CCc4cc(O)ccc4[C@H]3CC[C@]2(C)C1NN. The van der Waals surface area contributed by atoms with Gasteiger partial charge in [-0.3, -0.25) is 11.3 Å². The largest absolute Gasteiger partial charge is 0.508 e. The minimum Gasteiger partial charge on any atom is -0.508 e. The fourth-order valence-electron chi connectivity index (χ4n) is 6.45. The summed E-state index contributed by atoms with van der Waals surface area (Å²) in [5.41, 5.74) is 6.26.